The molecule has 2 aromatic carbocycles. The van der Waals surface area contributed by atoms with Gasteiger partial charge in [-0.2, -0.15) is 4.48 Å². The van der Waals surface area contributed by atoms with Gasteiger partial charge in [0.15, 0.2) is 0 Å². The Hall–Kier alpha value is -3.55. The van der Waals surface area contributed by atoms with Gasteiger partial charge in [-0.3, -0.25) is 0 Å². The number of methoxy groups -OCH3 is 1. The summed E-state index contributed by atoms with van der Waals surface area (Å²) >= 11 is 0. The maximum absolute atomic E-state index is 14.2. The fraction of sp³-hybridized carbons (Fsp3) is 0.345. The first-order valence-corrected chi connectivity index (χ1v) is 12.7. The molecule has 0 radical (unpaired) electrons. The molecule has 2 fully saturated rings. The van der Waals surface area contributed by atoms with Crippen molar-refractivity contribution in [3.05, 3.63) is 83.4 Å². The lowest BCUT2D eigenvalue weighted by Crippen LogP contribution is -2.67. The third-order valence-corrected chi connectivity index (χ3v) is 7.44. The minimum absolute atomic E-state index is 0.0171. The van der Waals surface area contributed by atoms with Crippen molar-refractivity contribution in [1.82, 2.24) is 14.9 Å². The van der Waals surface area contributed by atoms with E-state index in [1.807, 2.05) is 72.3 Å². The molecule has 0 spiro atoms. The number of quaternary nitrogens is 1. The van der Waals surface area contributed by atoms with Crippen LogP contribution in [0.15, 0.2) is 66.6 Å². The van der Waals surface area contributed by atoms with E-state index in [2.05, 4.69) is 10.3 Å². The summed E-state index contributed by atoms with van der Waals surface area (Å²) in [6, 6.07) is 15.2. The van der Waals surface area contributed by atoms with Crippen molar-refractivity contribution in [2.24, 2.45) is 0 Å². The first-order valence-electron chi connectivity index (χ1n) is 12.7. The van der Waals surface area contributed by atoms with Gasteiger partial charge >= 0.3 is 11.8 Å². The third-order valence-electron chi connectivity index (χ3n) is 7.44. The van der Waals surface area contributed by atoms with Gasteiger partial charge in [-0.05, 0) is 49.2 Å². The number of aryl methyl sites for hydroxylation is 1. The molecule has 36 heavy (non-hydrogen) atoms. The van der Waals surface area contributed by atoms with Gasteiger partial charge in [0.25, 0.3) is 0 Å². The van der Waals surface area contributed by atoms with E-state index in [4.69, 9.17) is 4.74 Å². The number of piperidine rings is 2. The largest absolute Gasteiger partial charge is 0.495 e. The molecule has 7 heteroatoms. The number of imidazole rings is 1. The molecule has 0 saturated carbocycles. The molecule has 3 aromatic rings. The number of benzene rings is 2. The van der Waals surface area contributed by atoms with Crippen molar-refractivity contribution < 1.29 is 18.8 Å². The molecule has 1 N–H and O–H groups in total. The lowest BCUT2D eigenvalue weighted by atomic mass is 9.91. The molecule has 1 unspecified atom stereocenters. The number of imide groups is 1. The minimum atomic E-state index is -0.110. The van der Waals surface area contributed by atoms with Crippen LogP contribution in [-0.2, 0) is 4.79 Å². The number of carbonyl (C=O) groups is 2. The second-order valence-electron chi connectivity index (χ2n) is 9.68. The monoisotopic (exact) mass is 485 g/mol. The number of likely N-dealkylation sites (tertiary alicyclic amines) is 1. The topological polar surface area (TPSA) is 73.2 Å². The van der Waals surface area contributed by atoms with Crippen LogP contribution in [0, 0.1) is 6.92 Å². The molecule has 2 saturated heterocycles. The number of hydrogen-bond acceptors (Lipinski definition) is 5. The van der Waals surface area contributed by atoms with Crippen molar-refractivity contribution in [2.45, 2.75) is 38.6 Å². The number of aromatic nitrogens is 2. The highest BCUT2D eigenvalue weighted by Gasteiger charge is 2.53. The van der Waals surface area contributed by atoms with Crippen molar-refractivity contribution >= 4 is 17.9 Å². The fourth-order valence-corrected chi connectivity index (χ4v) is 5.64. The highest BCUT2D eigenvalue weighted by molar-refractivity contribution is 6.04. The Morgan fingerprint density at radius 1 is 1.17 bits per heavy atom. The lowest BCUT2D eigenvalue weighted by molar-refractivity contribution is -0.802. The summed E-state index contributed by atoms with van der Waals surface area (Å²) in [6.07, 6.45) is 8.73. The Morgan fingerprint density at radius 2 is 1.94 bits per heavy atom. The molecule has 2 aliphatic heterocycles. The van der Waals surface area contributed by atoms with Gasteiger partial charge in [0, 0.05) is 38.5 Å². The molecule has 1 atom stereocenters. The van der Waals surface area contributed by atoms with E-state index in [1.165, 1.54) is 0 Å². The molecular formula is C29H33N4O3+. The number of nitrogens with zero attached hydrogens (tertiary/aromatic N) is 3. The molecule has 1 aromatic heterocycles. The average Bonchev–Trinajstić information content (AvgIpc) is 3.36. The molecule has 2 amide bonds. The number of hydrogen-bond donors (Lipinski definition) is 1. The normalized spacial score (nSPS) is 22.1. The molecule has 2 aliphatic rings. The van der Waals surface area contributed by atoms with Crippen LogP contribution in [-0.4, -0.2) is 58.6 Å². The Morgan fingerprint density at radius 3 is 2.64 bits per heavy atom. The molecular weight excluding hydrogens is 452 g/mol. The highest BCUT2D eigenvalue weighted by atomic mass is 16.5. The van der Waals surface area contributed by atoms with Crippen LogP contribution < -0.4 is 10.1 Å². The van der Waals surface area contributed by atoms with Crippen LogP contribution >= 0.6 is 0 Å². The van der Waals surface area contributed by atoms with E-state index < -0.39 is 0 Å². The predicted octanol–water partition coefficient (Wildman–Crippen LogP) is 4.30. The minimum Gasteiger partial charge on any atom is -0.495 e. The number of rotatable bonds is 5. The van der Waals surface area contributed by atoms with E-state index >= 15 is 0 Å². The zero-order valence-electron chi connectivity index (χ0n) is 20.9. The van der Waals surface area contributed by atoms with Gasteiger partial charge < -0.3 is 14.6 Å². The van der Waals surface area contributed by atoms with Gasteiger partial charge in [0.2, 0.25) is 0 Å². The lowest BCUT2D eigenvalue weighted by Gasteiger charge is -2.44. The third kappa shape index (κ3) is 4.40. The maximum Gasteiger partial charge on any atom is 0.353 e. The van der Waals surface area contributed by atoms with Crippen molar-refractivity contribution in [1.29, 1.82) is 0 Å². The van der Waals surface area contributed by atoms with Crippen molar-refractivity contribution in [3.63, 3.8) is 0 Å². The van der Waals surface area contributed by atoms with Crippen LogP contribution in [0.4, 0.5) is 0 Å². The Labute approximate surface area is 212 Å². The predicted molar refractivity (Wildman–Crippen MR) is 139 cm³/mol. The molecule has 5 rings (SSSR count). The average molecular weight is 486 g/mol. The smallest absolute Gasteiger partial charge is 0.353 e. The SMILES string of the molecule is COc1cc(C=C2CCC[N+](C(=O)c3ccccc3)(C3CCNCC3)C2=O)ccc1-n1cnc(C)c1. The molecule has 186 valence electrons. The number of carbonyl (C=O) groups excluding carboxylic acids is 2. The molecule has 3 heterocycles. The van der Waals surface area contributed by atoms with Gasteiger partial charge in [0.05, 0.1) is 42.5 Å². The Kier molecular flexibility index (Phi) is 6.85. The summed E-state index contributed by atoms with van der Waals surface area (Å²) < 4.78 is 7.49. The van der Waals surface area contributed by atoms with Gasteiger partial charge in [-0.1, -0.05) is 24.3 Å². The highest BCUT2D eigenvalue weighted by Crippen LogP contribution is 2.35. The quantitative estimate of drug-likeness (QED) is 0.331. The molecule has 7 nitrogen and oxygen atoms in total. The summed E-state index contributed by atoms with van der Waals surface area (Å²) in [5.41, 5.74) is 4.00. The zero-order chi connectivity index (χ0) is 25.1. The van der Waals surface area contributed by atoms with Crippen LogP contribution in [0.3, 0.4) is 0 Å². The van der Waals surface area contributed by atoms with Crippen LogP contribution in [0.25, 0.3) is 11.8 Å². The van der Waals surface area contributed by atoms with Crippen molar-refractivity contribution in [2.75, 3.05) is 26.7 Å². The summed E-state index contributed by atoms with van der Waals surface area (Å²) in [4.78, 5) is 32.5. The summed E-state index contributed by atoms with van der Waals surface area (Å²) in [7, 11) is 1.64. The Bertz CT molecular complexity index is 1290. The summed E-state index contributed by atoms with van der Waals surface area (Å²) in [5, 5.41) is 3.38. The second kappa shape index (κ2) is 10.2. The number of ether oxygens (including phenoxy) is 1. The first kappa shape index (κ1) is 24.2. The molecule has 0 bridgehead atoms. The van der Waals surface area contributed by atoms with Crippen LogP contribution in [0.5, 0.6) is 5.75 Å². The van der Waals surface area contributed by atoms with E-state index in [9.17, 15) is 9.59 Å². The molecule has 0 aliphatic carbocycles. The van der Waals surface area contributed by atoms with Gasteiger partial charge in [0.1, 0.15) is 11.8 Å². The standard InChI is InChI=1S/C29H33N4O3/c1-21-19-32(20-31-21)26-11-10-22(18-27(26)36-2)17-24-9-6-16-33(29(24)35,25-12-14-30-15-13-25)28(34)23-7-4-3-5-8-23/h3-5,7-8,10-11,17-20,25,30H,6,9,12-16H2,1-2H3/q+1. The number of amides is 2. The Balaban J connectivity index is 1.53. The van der Waals surface area contributed by atoms with Crippen LogP contribution in [0.1, 0.15) is 47.3 Å². The summed E-state index contributed by atoms with van der Waals surface area (Å²) in [5.74, 6) is 0.557. The summed E-state index contributed by atoms with van der Waals surface area (Å²) in [6.45, 7) is 4.15. The van der Waals surface area contributed by atoms with E-state index in [0.717, 1.165) is 49.3 Å². The van der Waals surface area contributed by atoms with Gasteiger partial charge in [-0.25, -0.2) is 14.6 Å². The zero-order valence-corrected chi connectivity index (χ0v) is 20.9. The maximum atomic E-state index is 14.2. The number of nitrogens with one attached hydrogen (secondary N) is 1. The van der Waals surface area contributed by atoms with Crippen molar-refractivity contribution in [3.8, 4) is 11.4 Å². The fourth-order valence-electron chi connectivity index (χ4n) is 5.64. The second-order valence-corrected chi connectivity index (χ2v) is 9.68. The van der Waals surface area contributed by atoms with E-state index in [0.29, 0.717) is 29.9 Å². The van der Waals surface area contributed by atoms with E-state index in [-0.39, 0.29) is 22.3 Å². The van der Waals surface area contributed by atoms with E-state index in [1.54, 1.807) is 13.4 Å². The van der Waals surface area contributed by atoms with Crippen LogP contribution in [0.2, 0.25) is 0 Å². The first-order chi connectivity index (χ1) is 17.5. The van der Waals surface area contributed by atoms with Gasteiger partial charge in [-0.15, -0.1) is 0 Å².